The molecule has 0 bridgehead atoms. The Morgan fingerprint density at radius 3 is 1.98 bits per heavy atom. The second kappa shape index (κ2) is 15.4. The van der Waals surface area contributed by atoms with Crippen LogP contribution in [0.25, 0.3) is 33.6 Å². The normalized spacial score (nSPS) is 13.0. The topological polar surface area (TPSA) is 121 Å². The average molecular weight is 715 g/mol. The van der Waals surface area contributed by atoms with Gasteiger partial charge in [-0.05, 0) is 65.3 Å². The van der Waals surface area contributed by atoms with E-state index in [9.17, 15) is 32.7 Å². The first-order valence-corrected chi connectivity index (χ1v) is 17.0. The van der Waals surface area contributed by atoms with Crippen LogP contribution in [0, 0.1) is 0 Å². The Kier molecular flexibility index (Phi) is 11.2. The first kappa shape index (κ1) is 37.1. The van der Waals surface area contributed by atoms with Gasteiger partial charge in [0.05, 0.1) is 23.0 Å². The number of hydrogen-bond acceptors (Lipinski definition) is 7. The molecule has 0 fully saturated rings. The lowest BCUT2D eigenvalue weighted by Crippen LogP contribution is -2.48. The summed E-state index contributed by atoms with van der Waals surface area (Å²) in [4.78, 5) is 48.3. The number of halogens is 3. The largest absolute Gasteiger partial charge is 0.480 e. The zero-order valence-corrected chi connectivity index (χ0v) is 29.2. The van der Waals surface area contributed by atoms with Gasteiger partial charge in [0.25, 0.3) is 5.91 Å². The molecule has 3 N–H and O–H groups in total. The van der Waals surface area contributed by atoms with E-state index >= 15 is 0 Å². The number of carboxylic acids is 1. The van der Waals surface area contributed by atoms with Crippen LogP contribution in [0.5, 0.6) is 0 Å². The van der Waals surface area contributed by atoms with Crippen LogP contribution in [0.1, 0.15) is 53.4 Å². The molecule has 0 aliphatic rings. The summed E-state index contributed by atoms with van der Waals surface area (Å²) < 4.78 is 39.5. The van der Waals surface area contributed by atoms with E-state index in [1.165, 1.54) is 24.3 Å². The van der Waals surface area contributed by atoms with Crippen molar-refractivity contribution in [3.8, 4) is 33.6 Å². The van der Waals surface area contributed by atoms with Gasteiger partial charge in [0.15, 0.2) is 11.6 Å². The molecule has 8 nitrogen and oxygen atoms in total. The van der Waals surface area contributed by atoms with E-state index < -0.39 is 29.8 Å². The Hall–Kier alpha value is -5.20. The number of carbonyl (C=O) groups is 3. The third-order valence-electron chi connectivity index (χ3n) is 8.26. The molecule has 3 aromatic carbocycles. The number of ketones is 1. The highest BCUT2D eigenvalue weighted by molar-refractivity contribution is 7.14. The van der Waals surface area contributed by atoms with Crippen molar-refractivity contribution in [1.29, 1.82) is 0 Å². The van der Waals surface area contributed by atoms with Gasteiger partial charge in [-0.25, -0.2) is 9.97 Å². The standard InChI is InChI=1S/C39H37F3N4O4S/c1-23(37(49)50)43-22-32(47)31(46-36(48)33-16-17-34(51-33)38(2,3)4)18-24-8-10-27(11-9-24)35-44-20-29(21-45-35)26-14-12-25(13-15-26)28-6-5-7-30(19-28)39(40,41)42/h5-17,19-21,23,31,43H,18,22H2,1-4H3,(H,46,48)(H,49,50)/t23-,31+/m1/s1. The van der Waals surface area contributed by atoms with Gasteiger partial charge in [0, 0.05) is 28.4 Å². The van der Waals surface area contributed by atoms with Gasteiger partial charge < -0.3 is 10.4 Å². The van der Waals surface area contributed by atoms with E-state index in [1.54, 1.807) is 48.8 Å². The number of amides is 1. The second-order valence-corrected chi connectivity index (χ2v) is 14.3. The molecule has 0 saturated heterocycles. The summed E-state index contributed by atoms with van der Waals surface area (Å²) in [6.45, 7) is 7.37. The molecule has 12 heteroatoms. The number of carboxylic acid groups (broad SMARTS) is 1. The van der Waals surface area contributed by atoms with Gasteiger partial charge in [-0.3, -0.25) is 19.7 Å². The molecule has 51 heavy (non-hydrogen) atoms. The quantitative estimate of drug-likeness (QED) is 0.121. The molecular formula is C39H37F3N4O4S. The van der Waals surface area contributed by atoms with Crippen molar-refractivity contribution in [3.63, 3.8) is 0 Å². The van der Waals surface area contributed by atoms with Crippen LogP contribution < -0.4 is 10.6 Å². The molecule has 0 saturated carbocycles. The number of aliphatic carboxylic acids is 1. The van der Waals surface area contributed by atoms with E-state index in [2.05, 4.69) is 41.4 Å². The third-order valence-corrected chi connectivity index (χ3v) is 9.77. The smallest absolute Gasteiger partial charge is 0.416 e. The molecule has 0 aliphatic heterocycles. The average Bonchev–Trinajstić information content (AvgIpc) is 3.62. The lowest BCUT2D eigenvalue weighted by Gasteiger charge is -2.19. The molecule has 0 radical (unpaired) electrons. The van der Waals surface area contributed by atoms with Crippen molar-refractivity contribution >= 4 is 29.0 Å². The minimum atomic E-state index is -4.42. The first-order chi connectivity index (χ1) is 24.1. The fourth-order valence-electron chi connectivity index (χ4n) is 5.18. The number of carbonyl (C=O) groups excluding carboxylic acids is 2. The highest BCUT2D eigenvalue weighted by Gasteiger charge is 2.30. The summed E-state index contributed by atoms with van der Waals surface area (Å²) in [7, 11) is 0. The summed E-state index contributed by atoms with van der Waals surface area (Å²) in [5.74, 6) is -1.36. The van der Waals surface area contributed by atoms with Gasteiger partial charge >= 0.3 is 12.1 Å². The van der Waals surface area contributed by atoms with Gasteiger partial charge in [-0.2, -0.15) is 13.2 Å². The Morgan fingerprint density at radius 1 is 0.804 bits per heavy atom. The highest BCUT2D eigenvalue weighted by atomic mass is 32.1. The summed E-state index contributed by atoms with van der Waals surface area (Å²) >= 11 is 1.37. The van der Waals surface area contributed by atoms with E-state index in [0.717, 1.165) is 39.3 Å². The minimum Gasteiger partial charge on any atom is -0.480 e. The Morgan fingerprint density at radius 2 is 1.41 bits per heavy atom. The second-order valence-electron chi connectivity index (χ2n) is 13.2. The predicted molar refractivity (Wildman–Crippen MR) is 191 cm³/mol. The molecule has 2 aromatic heterocycles. The summed E-state index contributed by atoms with van der Waals surface area (Å²) in [5.41, 5.74) is 3.30. The number of benzene rings is 3. The fraction of sp³-hybridized carbons (Fsp3) is 0.256. The van der Waals surface area contributed by atoms with Crippen molar-refractivity contribution in [2.24, 2.45) is 0 Å². The number of thiophene rings is 1. The molecule has 5 rings (SSSR count). The van der Waals surface area contributed by atoms with Crippen molar-refractivity contribution in [2.75, 3.05) is 6.54 Å². The van der Waals surface area contributed by atoms with Crippen LogP contribution in [-0.4, -0.2) is 51.4 Å². The zero-order chi connectivity index (χ0) is 36.9. The van der Waals surface area contributed by atoms with Gasteiger partial charge in [0.2, 0.25) is 0 Å². The number of nitrogens with one attached hydrogen (secondary N) is 2. The van der Waals surface area contributed by atoms with Crippen LogP contribution >= 0.6 is 11.3 Å². The van der Waals surface area contributed by atoms with Gasteiger partial charge in [0.1, 0.15) is 6.04 Å². The zero-order valence-electron chi connectivity index (χ0n) is 28.4. The number of rotatable bonds is 12. The number of aromatic nitrogens is 2. The number of nitrogens with zero attached hydrogens (tertiary/aromatic N) is 2. The van der Waals surface area contributed by atoms with Crippen LogP contribution in [0.4, 0.5) is 13.2 Å². The van der Waals surface area contributed by atoms with Crippen LogP contribution in [0.3, 0.4) is 0 Å². The van der Waals surface area contributed by atoms with E-state index in [4.69, 9.17) is 0 Å². The summed E-state index contributed by atoms with van der Waals surface area (Å²) in [5, 5.41) is 14.8. The summed E-state index contributed by atoms with van der Waals surface area (Å²) in [6, 6.07) is 21.4. The van der Waals surface area contributed by atoms with Crippen molar-refractivity contribution < 1.29 is 32.7 Å². The Bertz CT molecular complexity index is 2000. The maximum absolute atomic E-state index is 13.3. The molecule has 0 aliphatic carbocycles. The first-order valence-electron chi connectivity index (χ1n) is 16.2. The van der Waals surface area contributed by atoms with Crippen LogP contribution in [-0.2, 0) is 27.6 Å². The maximum Gasteiger partial charge on any atom is 0.416 e. The molecular weight excluding hydrogens is 678 g/mol. The summed E-state index contributed by atoms with van der Waals surface area (Å²) in [6.07, 6.45) is -0.903. The monoisotopic (exact) mass is 714 g/mol. The third kappa shape index (κ3) is 9.53. The van der Waals surface area contributed by atoms with Crippen molar-refractivity contribution in [2.45, 2.75) is 57.8 Å². The molecule has 0 spiro atoms. The van der Waals surface area contributed by atoms with Crippen molar-refractivity contribution in [1.82, 2.24) is 20.6 Å². The predicted octanol–water partition coefficient (Wildman–Crippen LogP) is 7.83. The molecule has 2 heterocycles. The lowest BCUT2D eigenvalue weighted by atomic mass is 9.95. The fourth-order valence-corrected chi connectivity index (χ4v) is 6.15. The molecule has 1 amide bonds. The molecule has 264 valence electrons. The van der Waals surface area contributed by atoms with E-state index in [0.29, 0.717) is 21.8 Å². The Balaban J connectivity index is 1.27. The van der Waals surface area contributed by atoms with E-state index in [-0.39, 0.29) is 30.1 Å². The lowest BCUT2D eigenvalue weighted by molar-refractivity contribution is -0.139. The number of Topliss-reactive ketones (excluding diaryl/α,β-unsaturated/α-hetero) is 1. The number of alkyl halides is 3. The minimum absolute atomic E-state index is 0.134. The van der Waals surface area contributed by atoms with Crippen molar-refractivity contribution in [3.05, 3.63) is 118 Å². The molecule has 5 aromatic rings. The van der Waals surface area contributed by atoms with Crippen LogP contribution in [0.2, 0.25) is 0 Å². The van der Waals surface area contributed by atoms with Gasteiger partial charge in [-0.1, -0.05) is 81.4 Å². The molecule has 0 unspecified atom stereocenters. The Labute approximate surface area is 297 Å². The molecule has 2 atom stereocenters. The van der Waals surface area contributed by atoms with E-state index in [1.807, 2.05) is 30.3 Å². The van der Waals surface area contributed by atoms with Gasteiger partial charge in [-0.15, -0.1) is 11.3 Å². The maximum atomic E-state index is 13.3. The van der Waals surface area contributed by atoms with Crippen LogP contribution in [0.15, 0.2) is 97.3 Å². The SMILES string of the molecule is C[C@@H](NCC(=O)[C@H](Cc1ccc(-c2ncc(-c3ccc(-c4cccc(C(F)(F)F)c4)cc3)cn2)cc1)NC(=O)c1ccc(C(C)(C)C)s1)C(=O)O. The highest BCUT2D eigenvalue weighted by Crippen LogP contribution is 2.33. The number of hydrogen-bond donors (Lipinski definition) is 3.